The molecule has 5 nitrogen and oxygen atoms in total. The van der Waals surface area contributed by atoms with Crippen LogP contribution in [0.5, 0.6) is 0 Å². The quantitative estimate of drug-likeness (QED) is 0.907. The molecule has 1 aliphatic heterocycles. The van der Waals surface area contributed by atoms with Crippen molar-refractivity contribution in [3.05, 3.63) is 17.9 Å². The maximum Gasteiger partial charge on any atom is 0.276 e. The highest BCUT2D eigenvalue weighted by molar-refractivity contribution is 7.89. The number of hydrogen-bond acceptors (Lipinski definition) is 4. The van der Waals surface area contributed by atoms with Gasteiger partial charge in [-0.2, -0.15) is 4.31 Å². The summed E-state index contributed by atoms with van der Waals surface area (Å²) in [6.45, 7) is 10.1. The van der Waals surface area contributed by atoms with Gasteiger partial charge in [0.15, 0.2) is 0 Å². The van der Waals surface area contributed by atoms with Crippen LogP contribution in [0.25, 0.3) is 0 Å². The van der Waals surface area contributed by atoms with Crippen molar-refractivity contribution in [1.29, 1.82) is 0 Å². The third-order valence-electron chi connectivity index (χ3n) is 3.99. The molecule has 21 heavy (non-hydrogen) atoms. The molecule has 1 saturated heterocycles. The average molecular weight is 314 g/mol. The molecular formula is C15H26N2O3S. The van der Waals surface area contributed by atoms with Crippen molar-refractivity contribution in [2.24, 2.45) is 5.41 Å². The van der Waals surface area contributed by atoms with Crippen LogP contribution < -0.4 is 5.32 Å². The molecule has 1 aliphatic rings. The number of hydrogen-bond donors (Lipinski definition) is 1. The minimum atomic E-state index is -3.49. The Kier molecular flexibility index (Phi) is 4.80. The number of piperidine rings is 1. The fourth-order valence-electron chi connectivity index (χ4n) is 2.36. The zero-order valence-electron chi connectivity index (χ0n) is 13.3. The summed E-state index contributed by atoms with van der Waals surface area (Å²) in [6, 6.07) is 3.63. The number of rotatable bonds is 5. The van der Waals surface area contributed by atoms with Crippen LogP contribution in [0.4, 0.5) is 0 Å². The highest BCUT2D eigenvalue weighted by Gasteiger charge is 2.34. The molecule has 0 spiro atoms. The summed E-state index contributed by atoms with van der Waals surface area (Å²) in [4.78, 5) is 0. The molecule has 0 aromatic carbocycles. The lowest BCUT2D eigenvalue weighted by atomic mass is 9.83. The van der Waals surface area contributed by atoms with E-state index in [2.05, 4.69) is 19.2 Å². The zero-order valence-corrected chi connectivity index (χ0v) is 14.2. The van der Waals surface area contributed by atoms with Crippen LogP contribution in [0.15, 0.2) is 21.6 Å². The number of sulfonamides is 1. The van der Waals surface area contributed by atoms with Crippen LogP contribution in [-0.2, 0) is 16.6 Å². The molecule has 1 fully saturated rings. The Balaban J connectivity index is 2.06. The minimum absolute atomic E-state index is 0.0581. The molecule has 0 atom stereocenters. The van der Waals surface area contributed by atoms with Crippen LogP contribution in [0, 0.1) is 5.41 Å². The van der Waals surface area contributed by atoms with Crippen LogP contribution >= 0.6 is 0 Å². The molecule has 120 valence electrons. The fourth-order valence-corrected chi connectivity index (χ4v) is 3.73. The summed E-state index contributed by atoms with van der Waals surface area (Å²) < 4.78 is 32.2. The summed E-state index contributed by atoms with van der Waals surface area (Å²) in [6.07, 6.45) is 1.77. The number of furan rings is 1. The summed E-state index contributed by atoms with van der Waals surface area (Å²) >= 11 is 0. The molecule has 1 aromatic heterocycles. The van der Waals surface area contributed by atoms with E-state index < -0.39 is 10.0 Å². The van der Waals surface area contributed by atoms with E-state index >= 15 is 0 Å². The second kappa shape index (κ2) is 6.10. The van der Waals surface area contributed by atoms with Gasteiger partial charge in [0.1, 0.15) is 5.76 Å². The van der Waals surface area contributed by atoms with E-state index in [1.807, 2.05) is 13.8 Å². The minimum Gasteiger partial charge on any atom is -0.447 e. The lowest BCUT2D eigenvalue weighted by Crippen LogP contribution is -2.40. The molecule has 0 saturated carbocycles. The standard InChI is InChI=1S/C15H26N2O3S/c1-12(2)16-11-13-5-6-14(20-13)21(18,19)17-9-7-15(3,4)8-10-17/h5-6,12,16H,7-11H2,1-4H3. The molecule has 6 heteroatoms. The first-order valence-corrected chi connectivity index (χ1v) is 8.97. The van der Waals surface area contributed by atoms with Crippen LogP contribution in [0.3, 0.4) is 0 Å². The van der Waals surface area contributed by atoms with Gasteiger partial charge in [0.05, 0.1) is 6.54 Å². The summed E-state index contributed by atoms with van der Waals surface area (Å²) in [5.41, 5.74) is 0.224. The Morgan fingerprint density at radius 2 is 1.90 bits per heavy atom. The molecule has 0 aliphatic carbocycles. The van der Waals surface area contributed by atoms with E-state index in [0.717, 1.165) is 12.8 Å². The first kappa shape index (κ1) is 16.5. The van der Waals surface area contributed by atoms with Gasteiger partial charge >= 0.3 is 0 Å². The molecular weight excluding hydrogens is 288 g/mol. The third-order valence-corrected chi connectivity index (χ3v) is 5.76. The van der Waals surface area contributed by atoms with Crippen molar-refractivity contribution < 1.29 is 12.8 Å². The van der Waals surface area contributed by atoms with Crippen molar-refractivity contribution >= 4 is 10.0 Å². The van der Waals surface area contributed by atoms with Crippen LogP contribution in [-0.4, -0.2) is 31.9 Å². The van der Waals surface area contributed by atoms with Gasteiger partial charge < -0.3 is 9.73 Å². The molecule has 0 amide bonds. The predicted molar refractivity (Wildman–Crippen MR) is 82.5 cm³/mol. The Morgan fingerprint density at radius 3 is 2.48 bits per heavy atom. The smallest absolute Gasteiger partial charge is 0.276 e. The highest BCUT2D eigenvalue weighted by Crippen LogP contribution is 2.32. The van der Waals surface area contributed by atoms with E-state index in [1.165, 1.54) is 4.31 Å². The monoisotopic (exact) mass is 314 g/mol. The van der Waals surface area contributed by atoms with Crippen molar-refractivity contribution in [2.75, 3.05) is 13.1 Å². The van der Waals surface area contributed by atoms with Gasteiger partial charge in [0, 0.05) is 19.1 Å². The Labute approximate surface area is 127 Å². The van der Waals surface area contributed by atoms with Gasteiger partial charge in [0.25, 0.3) is 10.0 Å². The molecule has 1 aromatic rings. The molecule has 2 heterocycles. The van der Waals surface area contributed by atoms with Crippen molar-refractivity contribution in [1.82, 2.24) is 9.62 Å². The summed E-state index contributed by atoms with van der Waals surface area (Å²) in [7, 11) is -3.49. The van der Waals surface area contributed by atoms with E-state index in [9.17, 15) is 8.42 Å². The van der Waals surface area contributed by atoms with E-state index in [1.54, 1.807) is 12.1 Å². The lowest BCUT2D eigenvalue weighted by Gasteiger charge is -2.35. The SMILES string of the molecule is CC(C)NCc1ccc(S(=O)(=O)N2CCC(C)(C)CC2)o1. The maximum absolute atomic E-state index is 12.6. The Morgan fingerprint density at radius 1 is 1.29 bits per heavy atom. The van der Waals surface area contributed by atoms with E-state index in [-0.39, 0.29) is 10.5 Å². The molecule has 0 bridgehead atoms. The van der Waals surface area contributed by atoms with Gasteiger partial charge in [-0.15, -0.1) is 0 Å². The molecule has 1 N–H and O–H groups in total. The summed E-state index contributed by atoms with van der Waals surface area (Å²) in [5, 5.41) is 3.27. The number of nitrogens with zero attached hydrogens (tertiary/aromatic N) is 1. The van der Waals surface area contributed by atoms with Gasteiger partial charge in [-0.25, -0.2) is 8.42 Å². The van der Waals surface area contributed by atoms with Crippen LogP contribution in [0.2, 0.25) is 0 Å². The summed E-state index contributed by atoms with van der Waals surface area (Å²) in [5.74, 6) is 0.652. The number of nitrogens with one attached hydrogen (secondary N) is 1. The fraction of sp³-hybridized carbons (Fsp3) is 0.733. The first-order chi connectivity index (χ1) is 9.71. The van der Waals surface area contributed by atoms with Crippen molar-refractivity contribution in [2.45, 2.75) is 58.2 Å². The average Bonchev–Trinajstić information content (AvgIpc) is 2.85. The largest absolute Gasteiger partial charge is 0.447 e. The van der Waals surface area contributed by atoms with Gasteiger partial charge in [-0.05, 0) is 30.4 Å². The van der Waals surface area contributed by atoms with Crippen LogP contribution in [0.1, 0.15) is 46.3 Å². The highest BCUT2D eigenvalue weighted by atomic mass is 32.2. The van der Waals surface area contributed by atoms with Gasteiger partial charge in [-0.3, -0.25) is 0 Å². The van der Waals surface area contributed by atoms with Gasteiger partial charge in [0.2, 0.25) is 5.09 Å². The lowest BCUT2D eigenvalue weighted by molar-refractivity contribution is 0.193. The van der Waals surface area contributed by atoms with Crippen molar-refractivity contribution in [3.8, 4) is 0 Å². The maximum atomic E-state index is 12.6. The zero-order chi connectivity index (χ0) is 15.7. The Hall–Kier alpha value is -0.850. The Bertz CT molecular complexity index is 565. The molecule has 0 unspecified atom stereocenters. The molecule has 2 rings (SSSR count). The van der Waals surface area contributed by atoms with Crippen molar-refractivity contribution in [3.63, 3.8) is 0 Å². The second-order valence-corrected chi connectivity index (χ2v) is 8.69. The molecule has 0 radical (unpaired) electrons. The second-order valence-electron chi connectivity index (χ2n) is 6.82. The van der Waals surface area contributed by atoms with E-state index in [4.69, 9.17) is 4.42 Å². The van der Waals surface area contributed by atoms with E-state index in [0.29, 0.717) is 31.4 Å². The third kappa shape index (κ3) is 4.08. The predicted octanol–water partition coefficient (Wildman–Crippen LogP) is 2.59. The van der Waals surface area contributed by atoms with Gasteiger partial charge in [-0.1, -0.05) is 27.7 Å². The first-order valence-electron chi connectivity index (χ1n) is 7.53. The normalized spacial score (nSPS) is 20.0. The topological polar surface area (TPSA) is 62.6 Å².